The Morgan fingerprint density at radius 3 is 2.41 bits per heavy atom. The predicted molar refractivity (Wildman–Crippen MR) is 105 cm³/mol. The Hall–Kier alpha value is -3.13. The fourth-order valence-electron chi connectivity index (χ4n) is 3.54. The second-order valence-corrected chi connectivity index (χ2v) is 7.87. The number of benzene rings is 1. The summed E-state index contributed by atoms with van der Waals surface area (Å²) >= 11 is 0. The predicted octanol–water partition coefficient (Wildman–Crippen LogP) is 0.945. The van der Waals surface area contributed by atoms with E-state index in [1.165, 1.54) is 7.05 Å². The lowest BCUT2D eigenvalue weighted by Gasteiger charge is -2.40. The molecule has 1 aromatic carbocycles. The van der Waals surface area contributed by atoms with Crippen LogP contribution in [0.4, 0.5) is 0 Å². The van der Waals surface area contributed by atoms with Crippen molar-refractivity contribution in [2.24, 2.45) is 17.3 Å². The minimum Gasteiger partial charge on any atom is -0.378 e. The van der Waals surface area contributed by atoms with Gasteiger partial charge in [0.2, 0.25) is 5.91 Å². The molecule has 3 amide bonds. The molecule has 29 heavy (non-hydrogen) atoms. The number of carbonyl (C=O) groups is 3. The van der Waals surface area contributed by atoms with Crippen LogP contribution in [0.3, 0.4) is 0 Å². The van der Waals surface area contributed by atoms with E-state index in [1.54, 1.807) is 20.8 Å². The second-order valence-electron chi connectivity index (χ2n) is 7.87. The lowest BCUT2D eigenvalue weighted by atomic mass is 9.65. The summed E-state index contributed by atoms with van der Waals surface area (Å²) in [5, 5.41) is 23.4. The molecule has 152 valence electrons. The van der Waals surface area contributed by atoms with Crippen LogP contribution in [0, 0.1) is 40.9 Å². The molecule has 1 heterocycles. The first-order valence-electron chi connectivity index (χ1n) is 9.10. The Kier molecular flexibility index (Phi) is 6.48. The van der Waals surface area contributed by atoms with Crippen molar-refractivity contribution in [1.29, 1.82) is 0 Å². The molecule has 0 aliphatic carbocycles. The Bertz CT molecular complexity index is 927. The van der Waals surface area contributed by atoms with E-state index in [1.807, 2.05) is 30.3 Å². The molecule has 3 atom stereocenters. The smallest absolute Gasteiger partial charge is 0.286 e. The Morgan fingerprint density at radius 1 is 1.24 bits per heavy atom. The summed E-state index contributed by atoms with van der Waals surface area (Å²) in [6.45, 7) is 4.99. The fourth-order valence-corrected chi connectivity index (χ4v) is 3.54. The normalized spacial score (nSPS) is 22.3. The number of nitrogens with one attached hydrogen (secondary N) is 1. The molecule has 0 unspecified atom stereocenters. The summed E-state index contributed by atoms with van der Waals surface area (Å²) in [5.41, 5.74) is -2.54. The number of aliphatic hydroxyl groups is 1. The van der Waals surface area contributed by atoms with Gasteiger partial charge in [-0.2, -0.15) is 5.06 Å². The summed E-state index contributed by atoms with van der Waals surface area (Å²) in [6, 6.07) is 9.16. The van der Waals surface area contributed by atoms with Crippen LogP contribution < -0.4 is 5.32 Å². The molecular weight excluding hydrogens is 372 g/mol. The maximum atomic E-state index is 12.6. The number of carbonyl (C=O) groups excluding carboxylic acids is 3. The van der Waals surface area contributed by atoms with Gasteiger partial charge in [-0.15, -0.1) is 0 Å². The van der Waals surface area contributed by atoms with Crippen molar-refractivity contribution in [2.45, 2.75) is 32.8 Å². The van der Waals surface area contributed by atoms with E-state index in [-0.39, 0.29) is 11.5 Å². The molecule has 0 saturated carbocycles. The number of nitrogens with zero attached hydrogens (tertiary/aromatic N) is 1. The van der Waals surface area contributed by atoms with Gasteiger partial charge in [-0.1, -0.05) is 50.8 Å². The van der Waals surface area contributed by atoms with E-state index in [9.17, 15) is 24.7 Å². The standard InChI is InChI=1S/C22H24N2O5/c1-21(2,3)17(18(25)23-4)22(28)16(19(26)24(29)20(22)27)14-10-6-9-13-15-11-7-5-8-12-15/h5,7-8,11-12,16-17,28-29H,14H2,1-4H3,(H,23,25)/t16-,17-,22-/m0/s1. The van der Waals surface area contributed by atoms with Crippen molar-refractivity contribution >= 4 is 17.7 Å². The quantitative estimate of drug-likeness (QED) is 0.401. The molecule has 1 aliphatic rings. The molecule has 0 spiro atoms. The number of rotatable bonds is 3. The van der Waals surface area contributed by atoms with E-state index in [4.69, 9.17) is 0 Å². The van der Waals surface area contributed by atoms with Gasteiger partial charge in [0.25, 0.3) is 11.8 Å². The summed E-state index contributed by atoms with van der Waals surface area (Å²) in [5.74, 6) is 5.20. The highest BCUT2D eigenvalue weighted by Gasteiger charge is 2.66. The number of amides is 3. The average molecular weight is 396 g/mol. The molecular formula is C22H24N2O5. The largest absolute Gasteiger partial charge is 0.378 e. The molecule has 1 saturated heterocycles. The molecule has 0 aromatic heterocycles. The molecule has 3 N–H and O–H groups in total. The zero-order valence-electron chi connectivity index (χ0n) is 16.8. The highest BCUT2D eigenvalue weighted by Crippen LogP contribution is 2.45. The first-order chi connectivity index (χ1) is 13.5. The third-order valence-electron chi connectivity index (χ3n) is 4.83. The van der Waals surface area contributed by atoms with E-state index in [0.29, 0.717) is 0 Å². The van der Waals surface area contributed by atoms with E-state index in [2.05, 4.69) is 29.0 Å². The summed E-state index contributed by atoms with van der Waals surface area (Å²) < 4.78 is 0. The highest BCUT2D eigenvalue weighted by atomic mass is 16.5. The van der Waals surface area contributed by atoms with E-state index < -0.39 is 40.6 Å². The van der Waals surface area contributed by atoms with Crippen LogP contribution in [0.5, 0.6) is 0 Å². The van der Waals surface area contributed by atoms with Crippen molar-refractivity contribution in [1.82, 2.24) is 10.4 Å². The number of imide groups is 1. The van der Waals surface area contributed by atoms with Gasteiger partial charge >= 0.3 is 0 Å². The van der Waals surface area contributed by atoms with Crippen LogP contribution >= 0.6 is 0 Å². The monoisotopic (exact) mass is 396 g/mol. The molecule has 0 radical (unpaired) electrons. The van der Waals surface area contributed by atoms with Gasteiger partial charge in [-0.3, -0.25) is 19.6 Å². The van der Waals surface area contributed by atoms with Crippen molar-refractivity contribution < 1.29 is 24.7 Å². The van der Waals surface area contributed by atoms with Crippen molar-refractivity contribution in [3.8, 4) is 23.7 Å². The zero-order valence-corrected chi connectivity index (χ0v) is 16.8. The number of hydroxylamine groups is 2. The lowest BCUT2D eigenvalue weighted by Crippen LogP contribution is -2.59. The molecule has 1 aromatic rings. The zero-order chi connectivity index (χ0) is 21.8. The number of hydrogen-bond donors (Lipinski definition) is 3. The summed E-state index contributed by atoms with van der Waals surface area (Å²) in [7, 11) is 1.37. The van der Waals surface area contributed by atoms with Gasteiger partial charge in [0.1, 0.15) is 0 Å². The third-order valence-corrected chi connectivity index (χ3v) is 4.83. The Morgan fingerprint density at radius 2 is 1.86 bits per heavy atom. The number of hydrogen-bond acceptors (Lipinski definition) is 5. The molecule has 1 aliphatic heterocycles. The third kappa shape index (κ3) is 4.32. The van der Waals surface area contributed by atoms with Crippen LogP contribution in [0.15, 0.2) is 30.3 Å². The van der Waals surface area contributed by atoms with Gasteiger partial charge in [-0.05, 0) is 29.4 Å². The van der Waals surface area contributed by atoms with Crippen LogP contribution in [-0.2, 0) is 14.4 Å². The van der Waals surface area contributed by atoms with Crippen molar-refractivity contribution in [3.63, 3.8) is 0 Å². The van der Waals surface area contributed by atoms with Crippen LogP contribution in [0.2, 0.25) is 0 Å². The first kappa shape index (κ1) is 22.2. The van der Waals surface area contributed by atoms with Gasteiger partial charge < -0.3 is 10.4 Å². The van der Waals surface area contributed by atoms with Crippen LogP contribution in [-0.4, -0.2) is 45.7 Å². The molecule has 1 fully saturated rings. The topological polar surface area (TPSA) is 107 Å². The SMILES string of the molecule is CNC(=O)[C@@H](C(C)(C)C)[C@]1(O)C(=O)N(O)C(=O)[C@@H]1CC#CC#Cc1ccccc1. The summed E-state index contributed by atoms with van der Waals surface area (Å²) in [6.07, 6.45) is -0.245. The van der Waals surface area contributed by atoms with Gasteiger partial charge in [-0.25, -0.2) is 0 Å². The van der Waals surface area contributed by atoms with Gasteiger partial charge in [0.05, 0.1) is 11.8 Å². The minimum absolute atomic E-state index is 0.121. The summed E-state index contributed by atoms with van der Waals surface area (Å²) in [4.78, 5) is 37.5. The van der Waals surface area contributed by atoms with Crippen LogP contribution in [0.25, 0.3) is 0 Å². The Balaban J connectivity index is 2.37. The maximum absolute atomic E-state index is 12.6. The van der Waals surface area contributed by atoms with Crippen molar-refractivity contribution in [2.75, 3.05) is 7.05 Å². The van der Waals surface area contributed by atoms with Crippen molar-refractivity contribution in [3.05, 3.63) is 35.9 Å². The molecule has 0 bridgehead atoms. The lowest BCUT2D eigenvalue weighted by molar-refractivity contribution is -0.183. The second kappa shape index (κ2) is 8.48. The highest BCUT2D eigenvalue weighted by molar-refractivity contribution is 6.10. The van der Waals surface area contributed by atoms with Crippen LogP contribution in [0.1, 0.15) is 32.8 Å². The maximum Gasteiger partial charge on any atom is 0.286 e. The van der Waals surface area contributed by atoms with Gasteiger partial charge in [0, 0.05) is 19.0 Å². The molecule has 2 rings (SSSR count). The average Bonchev–Trinajstić information content (AvgIpc) is 2.82. The van der Waals surface area contributed by atoms with E-state index in [0.717, 1.165) is 5.56 Å². The fraction of sp³-hybridized carbons (Fsp3) is 0.409. The first-order valence-corrected chi connectivity index (χ1v) is 9.10. The Labute approximate surface area is 170 Å². The molecule has 7 nitrogen and oxygen atoms in total. The minimum atomic E-state index is -2.42. The van der Waals surface area contributed by atoms with E-state index >= 15 is 0 Å². The van der Waals surface area contributed by atoms with Gasteiger partial charge in [0.15, 0.2) is 5.60 Å². The molecule has 7 heteroatoms.